The largest absolute Gasteiger partial charge is 0.416 e. The van der Waals surface area contributed by atoms with Gasteiger partial charge >= 0.3 is 6.18 Å². The van der Waals surface area contributed by atoms with Crippen molar-refractivity contribution in [3.05, 3.63) is 51.5 Å². The van der Waals surface area contributed by atoms with Gasteiger partial charge in [-0.1, -0.05) is 0 Å². The number of aromatic nitrogens is 1. The summed E-state index contributed by atoms with van der Waals surface area (Å²) in [4.78, 5) is 36.0. The summed E-state index contributed by atoms with van der Waals surface area (Å²) >= 11 is 1.64. The zero-order valence-electron chi connectivity index (χ0n) is 18.5. The van der Waals surface area contributed by atoms with E-state index in [1.54, 1.807) is 16.2 Å². The smallest absolute Gasteiger partial charge is 0.340 e. The van der Waals surface area contributed by atoms with Crippen molar-refractivity contribution in [3.8, 4) is 0 Å². The predicted molar refractivity (Wildman–Crippen MR) is 119 cm³/mol. The van der Waals surface area contributed by atoms with E-state index in [1.807, 2.05) is 11.8 Å². The molecule has 2 saturated heterocycles. The summed E-state index contributed by atoms with van der Waals surface area (Å²) in [6.45, 7) is 6.66. The molecule has 2 aliphatic rings. The van der Waals surface area contributed by atoms with Crippen LogP contribution in [0.3, 0.4) is 0 Å². The number of rotatable bonds is 4. The fourth-order valence-electron chi connectivity index (χ4n) is 4.41. The molecule has 0 saturated carbocycles. The Morgan fingerprint density at radius 2 is 1.64 bits per heavy atom. The summed E-state index contributed by atoms with van der Waals surface area (Å²) in [5.41, 5.74) is 0.534. The number of likely N-dealkylation sites (tertiary alicyclic amines) is 1. The van der Waals surface area contributed by atoms with Gasteiger partial charge in [0.2, 0.25) is 5.91 Å². The summed E-state index contributed by atoms with van der Waals surface area (Å²) in [5, 5.41) is 3.13. The maximum absolute atomic E-state index is 13.0. The second-order valence-corrected chi connectivity index (χ2v) is 9.66. The first-order valence-electron chi connectivity index (χ1n) is 11.1. The Labute approximate surface area is 195 Å². The van der Waals surface area contributed by atoms with Gasteiger partial charge in [0.05, 0.1) is 16.3 Å². The van der Waals surface area contributed by atoms with Crippen LogP contribution in [0.5, 0.6) is 0 Å². The van der Waals surface area contributed by atoms with Gasteiger partial charge < -0.3 is 9.80 Å². The van der Waals surface area contributed by atoms with Crippen LogP contribution in [0.25, 0.3) is 0 Å². The second-order valence-electron chi connectivity index (χ2n) is 8.60. The molecule has 1 aromatic carbocycles. The molecule has 0 N–H and O–H groups in total. The molecule has 10 heteroatoms. The first kappa shape index (κ1) is 23.7. The number of piperazine rings is 1. The SMILES string of the molecule is Cc1nc(CN2CCN(C(=O)C3CCN(C(=O)c4ccc(C(F)(F)F)cc4)CC3)CC2)cs1. The third-order valence-electron chi connectivity index (χ3n) is 6.33. The van der Waals surface area contributed by atoms with Gasteiger partial charge in [0, 0.05) is 62.7 Å². The molecule has 33 heavy (non-hydrogen) atoms. The van der Waals surface area contributed by atoms with E-state index >= 15 is 0 Å². The van der Waals surface area contributed by atoms with Crippen molar-refractivity contribution in [2.24, 2.45) is 5.92 Å². The van der Waals surface area contributed by atoms with Gasteiger partial charge in [-0.05, 0) is 44.0 Å². The van der Waals surface area contributed by atoms with E-state index in [2.05, 4.69) is 15.3 Å². The summed E-state index contributed by atoms with van der Waals surface area (Å²) in [6, 6.07) is 4.29. The molecular formula is C23H27F3N4O2S. The lowest BCUT2D eigenvalue weighted by Gasteiger charge is -2.38. The number of aryl methyl sites for hydroxylation is 1. The van der Waals surface area contributed by atoms with Crippen molar-refractivity contribution < 1.29 is 22.8 Å². The van der Waals surface area contributed by atoms with Gasteiger partial charge in [0.15, 0.2) is 0 Å². The normalized spacial score (nSPS) is 18.5. The Morgan fingerprint density at radius 3 is 2.18 bits per heavy atom. The molecule has 0 spiro atoms. The van der Waals surface area contributed by atoms with E-state index in [4.69, 9.17) is 0 Å². The number of alkyl halides is 3. The highest BCUT2D eigenvalue weighted by atomic mass is 32.1. The third-order valence-corrected chi connectivity index (χ3v) is 7.15. The van der Waals surface area contributed by atoms with Crippen LogP contribution in [-0.2, 0) is 17.5 Å². The van der Waals surface area contributed by atoms with E-state index in [9.17, 15) is 22.8 Å². The number of hydrogen-bond acceptors (Lipinski definition) is 5. The Morgan fingerprint density at radius 1 is 1.00 bits per heavy atom. The Kier molecular flexibility index (Phi) is 7.04. The van der Waals surface area contributed by atoms with Crippen LogP contribution in [0.15, 0.2) is 29.6 Å². The van der Waals surface area contributed by atoms with Crippen molar-refractivity contribution in [1.82, 2.24) is 19.7 Å². The highest BCUT2D eigenvalue weighted by Gasteiger charge is 2.33. The Bertz CT molecular complexity index is 976. The molecule has 0 unspecified atom stereocenters. The van der Waals surface area contributed by atoms with Crippen LogP contribution in [0.1, 0.15) is 39.5 Å². The van der Waals surface area contributed by atoms with Crippen LogP contribution in [-0.4, -0.2) is 70.8 Å². The van der Waals surface area contributed by atoms with E-state index in [-0.39, 0.29) is 23.3 Å². The van der Waals surface area contributed by atoms with Gasteiger partial charge in [0.1, 0.15) is 0 Å². The summed E-state index contributed by atoms with van der Waals surface area (Å²) < 4.78 is 38.2. The van der Waals surface area contributed by atoms with Crippen LogP contribution >= 0.6 is 11.3 Å². The lowest BCUT2D eigenvalue weighted by atomic mass is 9.94. The number of thiazole rings is 1. The molecular weight excluding hydrogens is 453 g/mol. The molecule has 2 aromatic rings. The van der Waals surface area contributed by atoms with Gasteiger partial charge in [0.25, 0.3) is 5.91 Å². The monoisotopic (exact) mass is 480 g/mol. The van der Waals surface area contributed by atoms with E-state index < -0.39 is 11.7 Å². The molecule has 2 fully saturated rings. The molecule has 0 radical (unpaired) electrons. The maximum Gasteiger partial charge on any atom is 0.416 e. The molecule has 6 nitrogen and oxygen atoms in total. The first-order chi connectivity index (χ1) is 15.7. The zero-order valence-corrected chi connectivity index (χ0v) is 19.3. The van der Waals surface area contributed by atoms with Crippen LogP contribution in [0.4, 0.5) is 13.2 Å². The van der Waals surface area contributed by atoms with Crippen molar-refractivity contribution in [2.45, 2.75) is 32.5 Å². The number of carbonyl (C=O) groups excluding carboxylic acids is 2. The summed E-state index contributed by atoms with van der Waals surface area (Å²) in [5.74, 6) is -0.268. The number of piperidine rings is 1. The number of benzene rings is 1. The fourth-order valence-corrected chi connectivity index (χ4v) is 5.01. The van der Waals surface area contributed by atoms with Crippen LogP contribution < -0.4 is 0 Å². The number of nitrogens with zero attached hydrogens (tertiary/aromatic N) is 4. The average molecular weight is 481 g/mol. The van der Waals surface area contributed by atoms with Gasteiger partial charge in [-0.25, -0.2) is 4.98 Å². The molecule has 0 bridgehead atoms. The van der Waals surface area contributed by atoms with Crippen molar-refractivity contribution >= 4 is 23.2 Å². The van der Waals surface area contributed by atoms with Crippen LogP contribution in [0.2, 0.25) is 0 Å². The minimum atomic E-state index is -4.43. The Balaban J connectivity index is 1.24. The quantitative estimate of drug-likeness (QED) is 0.670. The van der Waals surface area contributed by atoms with Crippen molar-refractivity contribution in [2.75, 3.05) is 39.3 Å². The summed E-state index contributed by atoms with van der Waals surface area (Å²) in [7, 11) is 0. The van der Waals surface area contributed by atoms with Crippen molar-refractivity contribution in [1.29, 1.82) is 0 Å². The number of amides is 2. The minimum Gasteiger partial charge on any atom is -0.340 e. The second kappa shape index (κ2) is 9.80. The molecule has 1 aromatic heterocycles. The molecule has 0 atom stereocenters. The molecule has 2 amide bonds. The summed E-state index contributed by atoms with van der Waals surface area (Å²) in [6.07, 6.45) is -3.28. The number of carbonyl (C=O) groups is 2. The highest BCUT2D eigenvalue weighted by Crippen LogP contribution is 2.29. The van der Waals surface area contributed by atoms with Gasteiger partial charge in [-0.15, -0.1) is 11.3 Å². The third kappa shape index (κ3) is 5.73. The average Bonchev–Trinajstić information content (AvgIpc) is 3.22. The maximum atomic E-state index is 13.0. The van der Waals surface area contributed by atoms with Gasteiger partial charge in [-0.3, -0.25) is 14.5 Å². The fraction of sp³-hybridized carbons (Fsp3) is 0.522. The van der Waals surface area contributed by atoms with E-state index in [0.717, 1.165) is 42.5 Å². The molecule has 178 valence electrons. The standard InChI is InChI=1S/C23H27F3N4O2S/c1-16-27-20(15-33-16)14-28-10-12-30(13-11-28)22(32)18-6-8-29(9-7-18)21(31)17-2-4-19(5-3-17)23(24,25)26/h2-5,15,18H,6-14H2,1H3. The molecule has 0 aliphatic carbocycles. The molecule has 2 aliphatic heterocycles. The van der Waals surface area contributed by atoms with E-state index in [1.165, 1.54) is 12.1 Å². The topological polar surface area (TPSA) is 56.8 Å². The van der Waals surface area contributed by atoms with E-state index in [0.29, 0.717) is 39.0 Å². The lowest BCUT2D eigenvalue weighted by molar-refractivity contribution is -0.139. The van der Waals surface area contributed by atoms with Gasteiger partial charge in [-0.2, -0.15) is 13.2 Å². The Hall–Kier alpha value is -2.46. The lowest BCUT2D eigenvalue weighted by Crippen LogP contribution is -2.51. The number of halogens is 3. The predicted octanol–water partition coefficient (Wildman–Crippen LogP) is 3.67. The van der Waals surface area contributed by atoms with Crippen LogP contribution in [0, 0.1) is 12.8 Å². The molecule has 4 rings (SSSR count). The highest BCUT2D eigenvalue weighted by molar-refractivity contribution is 7.09. The first-order valence-corrected chi connectivity index (χ1v) is 12.0. The minimum absolute atomic E-state index is 0.116. The number of hydrogen-bond donors (Lipinski definition) is 0. The zero-order chi connectivity index (χ0) is 23.6. The molecule has 3 heterocycles. The van der Waals surface area contributed by atoms with Crippen molar-refractivity contribution in [3.63, 3.8) is 0 Å².